The van der Waals surface area contributed by atoms with Gasteiger partial charge in [-0.05, 0) is 25.3 Å². The summed E-state index contributed by atoms with van der Waals surface area (Å²) in [5.74, 6) is 0.841. The van der Waals surface area contributed by atoms with Gasteiger partial charge in [0.2, 0.25) is 10.9 Å². The number of nitrogens with one attached hydrogen (secondary N) is 1. The number of hydrogen-bond acceptors (Lipinski definition) is 5. The van der Waals surface area contributed by atoms with Gasteiger partial charge in [-0.3, -0.25) is 4.79 Å². The van der Waals surface area contributed by atoms with Crippen LogP contribution < -0.4 is 5.32 Å². The Bertz CT molecular complexity index is 780. The third kappa shape index (κ3) is 4.13. The minimum absolute atomic E-state index is 0.0701. The lowest BCUT2D eigenvalue weighted by Crippen LogP contribution is -2.25. The first-order valence-electron chi connectivity index (χ1n) is 7.71. The second-order valence-electron chi connectivity index (χ2n) is 5.38. The van der Waals surface area contributed by atoms with Crippen molar-refractivity contribution in [1.82, 2.24) is 25.1 Å². The molecule has 0 saturated heterocycles. The Labute approximate surface area is 138 Å². The zero-order valence-electron chi connectivity index (χ0n) is 13.0. The van der Waals surface area contributed by atoms with Gasteiger partial charge in [-0.25, -0.2) is 0 Å². The van der Waals surface area contributed by atoms with Crippen molar-refractivity contribution in [3.05, 3.63) is 46.7 Å². The van der Waals surface area contributed by atoms with Gasteiger partial charge in [0.05, 0.1) is 0 Å². The van der Waals surface area contributed by atoms with Crippen molar-refractivity contribution in [3.8, 4) is 0 Å². The molecular formula is C16H19N5OS. The standard InChI is InChI=1S/C16H19N5OS/c1-12-18-19-16-21(12)20-15(23-16)10-9-14(22)17-11-5-8-13-6-3-2-4-7-13/h2-4,6-7H,5,8-11H2,1H3,(H,17,22). The Kier molecular flexibility index (Phi) is 4.97. The van der Waals surface area contributed by atoms with Crippen molar-refractivity contribution in [2.75, 3.05) is 6.54 Å². The van der Waals surface area contributed by atoms with Gasteiger partial charge < -0.3 is 5.32 Å². The van der Waals surface area contributed by atoms with Gasteiger partial charge in [0.15, 0.2) is 5.82 Å². The molecule has 0 aliphatic heterocycles. The molecule has 0 bridgehead atoms. The molecule has 0 atom stereocenters. The molecule has 1 aromatic carbocycles. The molecule has 0 fully saturated rings. The molecule has 23 heavy (non-hydrogen) atoms. The van der Waals surface area contributed by atoms with Crippen molar-refractivity contribution in [2.24, 2.45) is 0 Å². The van der Waals surface area contributed by atoms with Crippen LogP contribution in [0.15, 0.2) is 30.3 Å². The van der Waals surface area contributed by atoms with Crippen LogP contribution in [0.3, 0.4) is 0 Å². The van der Waals surface area contributed by atoms with E-state index in [0.29, 0.717) is 19.4 Å². The van der Waals surface area contributed by atoms with Crippen LogP contribution in [0.25, 0.3) is 4.96 Å². The number of benzene rings is 1. The van der Waals surface area contributed by atoms with Crippen LogP contribution in [0, 0.1) is 6.92 Å². The first-order valence-corrected chi connectivity index (χ1v) is 8.52. The van der Waals surface area contributed by atoms with Gasteiger partial charge in [0, 0.05) is 19.4 Å². The van der Waals surface area contributed by atoms with Crippen molar-refractivity contribution in [1.29, 1.82) is 0 Å². The summed E-state index contributed by atoms with van der Waals surface area (Å²) in [6.07, 6.45) is 3.02. The topological polar surface area (TPSA) is 72.2 Å². The number of nitrogens with zero attached hydrogens (tertiary/aromatic N) is 4. The SMILES string of the molecule is Cc1nnc2sc(CCC(=O)NCCCc3ccccc3)nn12. The van der Waals surface area contributed by atoms with Crippen LogP contribution in [0.5, 0.6) is 0 Å². The van der Waals surface area contributed by atoms with Crippen molar-refractivity contribution in [3.63, 3.8) is 0 Å². The van der Waals surface area contributed by atoms with Crippen LogP contribution >= 0.6 is 11.3 Å². The largest absolute Gasteiger partial charge is 0.356 e. The van der Waals surface area contributed by atoms with E-state index in [1.807, 2.05) is 25.1 Å². The van der Waals surface area contributed by atoms with E-state index in [2.05, 4.69) is 32.7 Å². The van der Waals surface area contributed by atoms with Crippen LogP contribution in [0.1, 0.15) is 29.2 Å². The highest BCUT2D eigenvalue weighted by Crippen LogP contribution is 2.14. The van der Waals surface area contributed by atoms with E-state index in [-0.39, 0.29) is 5.91 Å². The van der Waals surface area contributed by atoms with Gasteiger partial charge in [0.1, 0.15) is 5.01 Å². The average molecular weight is 329 g/mol. The zero-order valence-corrected chi connectivity index (χ0v) is 13.8. The fourth-order valence-electron chi connectivity index (χ4n) is 2.33. The van der Waals surface area contributed by atoms with E-state index in [1.165, 1.54) is 16.9 Å². The van der Waals surface area contributed by atoms with E-state index in [4.69, 9.17) is 0 Å². The maximum absolute atomic E-state index is 11.9. The molecule has 0 aliphatic rings. The number of carbonyl (C=O) groups is 1. The number of aryl methyl sites for hydroxylation is 3. The zero-order chi connectivity index (χ0) is 16.1. The number of hydrogen-bond donors (Lipinski definition) is 1. The van der Waals surface area contributed by atoms with Crippen molar-refractivity contribution < 1.29 is 4.79 Å². The lowest BCUT2D eigenvalue weighted by molar-refractivity contribution is -0.121. The van der Waals surface area contributed by atoms with Crippen molar-refractivity contribution >= 4 is 22.2 Å². The molecule has 3 aromatic rings. The molecule has 0 aliphatic carbocycles. The van der Waals surface area contributed by atoms with Gasteiger partial charge in [-0.2, -0.15) is 9.61 Å². The van der Waals surface area contributed by atoms with Gasteiger partial charge in [-0.15, -0.1) is 10.2 Å². The van der Waals surface area contributed by atoms with Gasteiger partial charge >= 0.3 is 0 Å². The van der Waals surface area contributed by atoms with Crippen molar-refractivity contribution in [2.45, 2.75) is 32.6 Å². The minimum Gasteiger partial charge on any atom is -0.356 e. The molecule has 0 unspecified atom stereocenters. The summed E-state index contributed by atoms with van der Waals surface area (Å²) in [6.45, 7) is 2.57. The van der Waals surface area contributed by atoms with E-state index >= 15 is 0 Å². The summed E-state index contributed by atoms with van der Waals surface area (Å²) < 4.78 is 1.72. The first-order chi connectivity index (χ1) is 11.2. The molecule has 1 N–H and O–H groups in total. The summed E-state index contributed by atoms with van der Waals surface area (Å²) in [6, 6.07) is 10.3. The van der Waals surface area contributed by atoms with E-state index < -0.39 is 0 Å². The summed E-state index contributed by atoms with van der Waals surface area (Å²) >= 11 is 1.48. The summed E-state index contributed by atoms with van der Waals surface area (Å²) in [4.78, 5) is 12.7. The Balaban J connectivity index is 1.37. The molecule has 0 radical (unpaired) electrons. The molecule has 7 heteroatoms. The van der Waals surface area contributed by atoms with Crippen LogP contribution in [0.4, 0.5) is 0 Å². The number of aromatic nitrogens is 4. The highest BCUT2D eigenvalue weighted by Gasteiger charge is 2.10. The lowest BCUT2D eigenvalue weighted by Gasteiger charge is -2.04. The summed E-state index contributed by atoms with van der Waals surface area (Å²) in [5, 5.41) is 16.3. The molecule has 120 valence electrons. The van der Waals surface area contributed by atoms with Gasteiger partial charge in [-0.1, -0.05) is 41.7 Å². The molecule has 6 nitrogen and oxygen atoms in total. The highest BCUT2D eigenvalue weighted by molar-refractivity contribution is 7.16. The Morgan fingerprint density at radius 3 is 2.83 bits per heavy atom. The molecule has 2 aromatic heterocycles. The molecule has 2 heterocycles. The lowest BCUT2D eigenvalue weighted by atomic mass is 10.1. The average Bonchev–Trinajstić information content (AvgIpc) is 3.13. The quantitative estimate of drug-likeness (QED) is 0.674. The normalized spacial score (nSPS) is 11.0. The summed E-state index contributed by atoms with van der Waals surface area (Å²) in [7, 11) is 0. The second kappa shape index (κ2) is 7.32. The third-order valence-electron chi connectivity index (χ3n) is 3.56. The smallest absolute Gasteiger partial charge is 0.234 e. The minimum atomic E-state index is 0.0701. The second-order valence-corrected chi connectivity index (χ2v) is 6.42. The number of amides is 1. The Morgan fingerprint density at radius 1 is 1.22 bits per heavy atom. The van der Waals surface area contributed by atoms with Crippen LogP contribution in [0.2, 0.25) is 0 Å². The summed E-state index contributed by atoms with van der Waals surface area (Å²) in [5.41, 5.74) is 1.30. The maximum atomic E-state index is 11.9. The Hall–Kier alpha value is -2.28. The third-order valence-corrected chi connectivity index (χ3v) is 4.52. The fraction of sp³-hybridized carbons (Fsp3) is 0.375. The number of rotatable bonds is 7. The predicted octanol–water partition coefficient (Wildman–Crippen LogP) is 2.18. The molecule has 1 amide bonds. The monoisotopic (exact) mass is 329 g/mol. The molecule has 0 saturated carbocycles. The highest BCUT2D eigenvalue weighted by atomic mass is 32.1. The molecule has 3 rings (SSSR count). The van der Waals surface area contributed by atoms with E-state index in [9.17, 15) is 4.79 Å². The first kappa shape index (κ1) is 15.6. The fourth-order valence-corrected chi connectivity index (χ4v) is 3.21. The van der Waals surface area contributed by atoms with Gasteiger partial charge in [0.25, 0.3) is 0 Å². The van der Waals surface area contributed by atoms with Crippen LogP contribution in [-0.2, 0) is 17.6 Å². The molecule has 0 spiro atoms. The predicted molar refractivity (Wildman–Crippen MR) is 89.5 cm³/mol. The number of fused-ring (bicyclic) bond motifs is 1. The Morgan fingerprint density at radius 2 is 2.04 bits per heavy atom. The van der Waals surface area contributed by atoms with E-state index in [0.717, 1.165) is 28.6 Å². The number of carbonyl (C=O) groups excluding carboxylic acids is 1. The van der Waals surface area contributed by atoms with E-state index in [1.54, 1.807) is 4.52 Å². The van der Waals surface area contributed by atoms with Crippen LogP contribution in [-0.4, -0.2) is 32.3 Å². The maximum Gasteiger partial charge on any atom is 0.234 e. The molecular weight excluding hydrogens is 310 g/mol.